The number of aryl methyl sites for hydroxylation is 1. The van der Waals surface area contributed by atoms with Crippen LogP contribution < -0.4 is 5.32 Å². The van der Waals surface area contributed by atoms with E-state index in [1.165, 1.54) is 12.3 Å². The smallest absolute Gasteiger partial charge is 0.289 e. The largest absolute Gasteiger partial charge is 0.360 e. The van der Waals surface area contributed by atoms with Crippen LogP contribution in [0.5, 0.6) is 0 Å². The summed E-state index contributed by atoms with van der Waals surface area (Å²) in [4.78, 5) is 19.4. The van der Waals surface area contributed by atoms with E-state index in [2.05, 4.69) is 15.3 Å². The topological polar surface area (TPSA) is 81.0 Å². The van der Waals surface area contributed by atoms with Crippen molar-refractivity contribution in [3.8, 4) is 0 Å². The van der Waals surface area contributed by atoms with Gasteiger partial charge < -0.3 is 5.32 Å². The molecule has 0 fully saturated rings. The van der Waals surface area contributed by atoms with E-state index in [-0.39, 0.29) is 16.8 Å². The van der Waals surface area contributed by atoms with Gasteiger partial charge in [0.05, 0.1) is 16.0 Å². The summed E-state index contributed by atoms with van der Waals surface area (Å²) >= 11 is 7.54. The Balaban J connectivity index is 2.17. The number of nitrogens with one attached hydrogen (secondary N) is 1. The van der Waals surface area contributed by atoms with Crippen molar-refractivity contribution in [2.24, 2.45) is 0 Å². The Morgan fingerprint density at radius 2 is 2.21 bits per heavy atom. The van der Waals surface area contributed by atoms with Gasteiger partial charge in [-0.05, 0) is 13.8 Å². The average molecular weight is 299 g/mol. The predicted molar refractivity (Wildman–Crippen MR) is 74.8 cm³/mol. The summed E-state index contributed by atoms with van der Waals surface area (Å²) in [7, 11) is 0. The van der Waals surface area contributed by atoms with Gasteiger partial charge in [-0.1, -0.05) is 11.6 Å². The molecule has 0 bridgehead atoms. The third-order valence-electron chi connectivity index (χ3n) is 2.40. The number of nitro groups is 1. The van der Waals surface area contributed by atoms with Gasteiger partial charge in [-0.2, -0.15) is 0 Å². The molecule has 1 N–H and O–H groups in total. The molecule has 6 nitrogen and oxygen atoms in total. The van der Waals surface area contributed by atoms with E-state index in [4.69, 9.17) is 11.6 Å². The second-order valence-corrected chi connectivity index (χ2v) is 5.63. The van der Waals surface area contributed by atoms with Crippen LogP contribution in [0, 0.1) is 17.0 Å². The van der Waals surface area contributed by atoms with Crippen LogP contribution in [-0.2, 0) is 0 Å². The van der Waals surface area contributed by atoms with Crippen molar-refractivity contribution in [2.45, 2.75) is 19.9 Å². The van der Waals surface area contributed by atoms with Crippen molar-refractivity contribution in [3.05, 3.63) is 43.5 Å². The fourth-order valence-electron chi connectivity index (χ4n) is 1.47. The molecule has 0 aliphatic rings. The maximum Gasteiger partial charge on any atom is 0.289 e. The maximum absolute atomic E-state index is 10.6. The molecule has 8 heteroatoms. The Hall–Kier alpha value is -1.73. The minimum Gasteiger partial charge on any atom is -0.360 e. The molecule has 0 aliphatic carbocycles. The molecule has 0 aliphatic heterocycles. The fraction of sp³-hybridized carbons (Fsp3) is 0.273. The Morgan fingerprint density at radius 3 is 2.74 bits per heavy atom. The second kappa shape index (κ2) is 5.50. The zero-order chi connectivity index (χ0) is 14.0. The van der Waals surface area contributed by atoms with E-state index in [1.807, 2.05) is 13.8 Å². The van der Waals surface area contributed by atoms with E-state index in [0.29, 0.717) is 5.82 Å². The highest BCUT2D eigenvalue weighted by molar-refractivity contribution is 7.11. The van der Waals surface area contributed by atoms with Crippen molar-refractivity contribution in [1.82, 2.24) is 9.97 Å². The van der Waals surface area contributed by atoms with Crippen LogP contribution in [0.1, 0.15) is 22.9 Å². The number of aromatic nitrogens is 2. The molecule has 100 valence electrons. The molecule has 0 aromatic carbocycles. The lowest BCUT2D eigenvalue weighted by molar-refractivity contribution is -0.385. The molecule has 2 rings (SSSR count). The summed E-state index contributed by atoms with van der Waals surface area (Å²) in [6.45, 7) is 3.91. The highest BCUT2D eigenvalue weighted by Crippen LogP contribution is 2.28. The number of halogens is 1. The van der Waals surface area contributed by atoms with Crippen LogP contribution in [0.3, 0.4) is 0 Å². The van der Waals surface area contributed by atoms with E-state index >= 15 is 0 Å². The second-order valence-electron chi connectivity index (χ2n) is 3.96. The number of pyridine rings is 1. The number of rotatable bonds is 4. The first-order chi connectivity index (χ1) is 8.97. The fourth-order valence-corrected chi connectivity index (χ4v) is 2.46. The summed E-state index contributed by atoms with van der Waals surface area (Å²) < 4.78 is 0. The molecule has 0 amide bonds. The number of nitrogens with zero attached hydrogens (tertiary/aromatic N) is 3. The van der Waals surface area contributed by atoms with Crippen molar-refractivity contribution >= 4 is 34.4 Å². The molecular formula is C11H11ClN4O2S. The van der Waals surface area contributed by atoms with Crippen LogP contribution >= 0.6 is 22.9 Å². The van der Waals surface area contributed by atoms with Crippen LogP contribution in [0.15, 0.2) is 18.5 Å². The Bertz CT molecular complexity index is 616. The van der Waals surface area contributed by atoms with E-state index in [0.717, 1.165) is 9.88 Å². The highest BCUT2D eigenvalue weighted by atomic mass is 35.5. The molecule has 2 heterocycles. The zero-order valence-corrected chi connectivity index (χ0v) is 11.8. The first kappa shape index (κ1) is 13.7. The van der Waals surface area contributed by atoms with Crippen LogP contribution in [0.2, 0.25) is 5.02 Å². The molecule has 0 saturated heterocycles. The molecule has 19 heavy (non-hydrogen) atoms. The van der Waals surface area contributed by atoms with Gasteiger partial charge in [0, 0.05) is 17.1 Å². The van der Waals surface area contributed by atoms with Crippen molar-refractivity contribution < 1.29 is 4.92 Å². The average Bonchev–Trinajstić information content (AvgIpc) is 2.78. The summed E-state index contributed by atoms with van der Waals surface area (Å²) in [6.07, 6.45) is 2.97. The molecule has 2 aromatic rings. The molecule has 1 atom stereocenters. The monoisotopic (exact) mass is 298 g/mol. The van der Waals surface area contributed by atoms with Crippen LogP contribution in [0.4, 0.5) is 11.5 Å². The van der Waals surface area contributed by atoms with E-state index in [1.54, 1.807) is 17.5 Å². The zero-order valence-electron chi connectivity index (χ0n) is 10.3. The number of anilines is 1. The van der Waals surface area contributed by atoms with E-state index in [9.17, 15) is 10.1 Å². The summed E-state index contributed by atoms with van der Waals surface area (Å²) in [5, 5.41) is 14.8. The van der Waals surface area contributed by atoms with Gasteiger partial charge in [0.2, 0.25) is 0 Å². The molecule has 2 aromatic heterocycles. The summed E-state index contributed by atoms with van der Waals surface area (Å²) in [5.74, 6) is 0.410. The van der Waals surface area contributed by atoms with Crippen molar-refractivity contribution in [1.29, 1.82) is 0 Å². The lowest BCUT2D eigenvalue weighted by atomic mass is 10.3. The molecule has 0 spiro atoms. The maximum atomic E-state index is 10.6. The number of thiazole rings is 1. The standard InChI is InChI=1S/C11H11ClN4O2S/c1-6-4-14-11(19-6)7(2)15-10-9(12)3-8(5-13-10)16(17)18/h3-5,7H,1-2H3,(H,13,15). The highest BCUT2D eigenvalue weighted by Gasteiger charge is 2.15. The van der Waals surface area contributed by atoms with Gasteiger partial charge in [-0.25, -0.2) is 9.97 Å². The van der Waals surface area contributed by atoms with Crippen molar-refractivity contribution in [3.63, 3.8) is 0 Å². The minimum atomic E-state index is -0.531. The predicted octanol–water partition coefficient (Wildman–Crippen LogP) is 3.58. The van der Waals surface area contributed by atoms with Gasteiger partial charge >= 0.3 is 0 Å². The molecule has 1 unspecified atom stereocenters. The molecular weight excluding hydrogens is 288 g/mol. The van der Waals surface area contributed by atoms with Gasteiger partial charge in [0.1, 0.15) is 17.0 Å². The summed E-state index contributed by atoms with van der Waals surface area (Å²) in [5.41, 5.74) is -0.131. The first-order valence-electron chi connectivity index (χ1n) is 5.46. The molecule has 0 radical (unpaired) electrons. The number of hydrogen-bond acceptors (Lipinski definition) is 6. The van der Waals surface area contributed by atoms with Gasteiger partial charge in [0.15, 0.2) is 0 Å². The third-order valence-corrected chi connectivity index (χ3v) is 3.78. The lowest BCUT2D eigenvalue weighted by Crippen LogP contribution is -2.08. The van der Waals surface area contributed by atoms with Gasteiger partial charge in [-0.3, -0.25) is 10.1 Å². The first-order valence-corrected chi connectivity index (χ1v) is 6.65. The third kappa shape index (κ3) is 3.18. The quantitative estimate of drug-likeness (QED) is 0.689. The lowest BCUT2D eigenvalue weighted by Gasteiger charge is -2.12. The van der Waals surface area contributed by atoms with Gasteiger partial charge in [0.25, 0.3) is 5.69 Å². The van der Waals surface area contributed by atoms with Crippen LogP contribution in [-0.4, -0.2) is 14.9 Å². The SMILES string of the molecule is Cc1cnc(C(C)Nc2ncc([N+](=O)[O-])cc2Cl)s1. The molecule has 0 saturated carbocycles. The normalized spacial score (nSPS) is 12.2. The van der Waals surface area contributed by atoms with Gasteiger partial charge in [-0.15, -0.1) is 11.3 Å². The van der Waals surface area contributed by atoms with E-state index < -0.39 is 4.92 Å². The summed E-state index contributed by atoms with van der Waals surface area (Å²) in [6, 6.07) is 1.21. The van der Waals surface area contributed by atoms with Crippen molar-refractivity contribution in [2.75, 3.05) is 5.32 Å². The Kier molecular flexibility index (Phi) is 3.96. The Labute approximate surface area is 118 Å². The van der Waals surface area contributed by atoms with Crippen LogP contribution in [0.25, 0.3) is 0 Å². The minimum absolute atomic E-state index is 0.0647. The number of hydrogen-bond donors (Lipinski definition) is 1. The Morgan fingerprint density at radius 1 is 1.47 bits per heavy atom.